The normalized spacial score (nSPS) is 16.7. The van der Waals surface area contributed by atoms with Crippen molar-refractivity contribution >= 4 is 34.6 Å². The zero-order chi connectivity index (χ0) is 20.3. The highest BCUT2D eigenvalue weighted by atomic mass is 32.2. The van der Waals surface area contributed by atoms with Gasteiger partial charge in [0.25, 0.3) is 11.6 Å². The third kappa shape index (κ3) is 3.96. The number of nitro groups is 1. The second-order valence-electron chi connectivity index (χ2n) is 5.61. The molecule has 1 aromatic carbocycles. The van der Waals surface area contributed by atoms with Gasteiger partial charge in [-0.1, -0.05) is 6.07 Å². The first-order chi connectivity index (χ1) is 13.4. The van der Waals surface area contributed by atoms with E-state index in [1.165, 1.54) is 35.9 Å². The SMILES string of the molecule is CN=C1S/C(=C/c2ccc(Oc3ccc([N+](=O)[O-])cn3)c(OC)c2)C(=O)N1C. The summed E-state index contributed by atoms with van der Waals surface area (Å²) in [6.07, 6.45) is 2.87. The van der Waals surface area contributed by atoms with Gasteiger partial charge < -0.3 is 9.47 Å². The van der Waals surface area contributed by atoms with Crippen molar-refractivity contribution in [2.45, 2.75) is 0 Å². The van der Waals surface area contributed by atoms with Crippen LogP contribution in [0.3, 0.4) is 0 Å². The highest BCUT2D eigenvalue weighted by Crippen LogP contribution is 2.35. The molecule has 144 valence electrons. The van der Waals surface area contributed by atoms with E-state index >= 15 is 0 Å². The summed E-state index contributed by atoms with van der Waals surface area (Å²) in [5.41, 5.74) is 0.627. The fourth-order valence-corrected chi connectivity index (χ4v) is 3.34. The molecule has 3 rings (SSSR count). The van der Waals surface area contributed by atoms with Crippen LogP contribution >= 0.6 is 11.8 Å². The van der Waals surface area contributed by atoms with Crippen LogP contribution in [-0.2, 0) is 4.79 Å². The number of hydrogen-bond acceptors (Lipinski definition) is 8. The second kappa shape index (κ2) is 8.09. The Morgan fingerprint density at radius 1 is 1.29 bits per heavy atom. The number of hydrogen-bond donors (Lipinski definition) is 0. The molecule has 2 aromatic rings. The number of carbonyl (C=O) groups is 1. The van der Waals surface area contributed by atoms with Crippen molar-refractivity contribution in [3.05, 3.63) is 57.1 Å². The lowest BCUT2D eigenvalue weighted by molar-refractivity contribution is -0.385. The first-order valence-electron chi connectivity index (χ1n) is 8.03. The average molecular weight is 400 g/mol. The number of benzene rings is 1. The van der Waals surface area contributed by atoms with E-state index in [1.54, 1.807) is 38.4 Å². The zero-order valence-electron chi connectivity index (χ0n) is 15.3. The topological polar surface area (TPSA) is 107 Å². The minimum absolute atomic E-state index is 0.125. The quantitative estimate of drug-likeness (QED) is 0.430. The Bertz CT molecular complexity index is 988. The largest absolute Gasteiger partial charge is 0.493 e. The number of nitrogens with zero attached hydrogens (tertiary/aromatic N) is 4. The number of pyridine rings is 1. The molecule has 0 N–H and O–H groups in total. The lowest BCUT2D eigenvalue weighted by Crippen LogP contribution is -2.23. The van der Waals surface area contributed by atoms with E-state index in [2.05, 4.69) is 9.98 Å². The van der Waals surface area contributed by atoms with Crippen LogP contribution in [-0.4, -0.2) is 47.1 Å². The van der Waals surface area contributed by atoms with Gasteiger partial charge in [-0.15, -0.1) is 0 Å². The molecule has 2 heterocycles. The Labute approximate surface area is 164 Å². The molecule has 1 fully saturated rings. The lowest BCUT2D eigenvalue weighted by Gasteiger charge is -2.10. The van der Waals surface area contributed by atoms with E-state index in [1.807, 2.05) is 0 Å². The van der Waals surface area contributed by atoms with Gasteiger partial charge in [-0.25, -0.2) is 4.98 Å². The molecule has 10 heteroatoms. The number of carbonyl (C=O) groups excluding carboxylic acids is 1. The lowest BCUT2D eigenvalue weighted by atomic mass is 10.2. The van der Waals surface area contributed by atoms with Crippen molar-refractivity contribution in [2.75, 3.05) is 21.2 Å². The van der Waals surface area contributed by atoms with E-state index < -0.39 is 4.92 Å². The van der Waals surface area contributed by atoms with Crippen LogP contribution in [0.15, 0.2) is 46.4 Å². The number of amidine groups is 1. The molecular weight excluding hydrogens is 384 g/mol. The Morgan fingerprint density at radius 3 is 2.64 bits per heavy atom. The van der Waals surface area contributed by atoms with E-state index in [9.17, 15) is 14.9 Å². The smallest absolute Gasteiger partial charge is 0.287 e. The molecule has 1 saturated heterocycles. The number of methoxy groups -OCH3 is 1. The number of aliphatic imine (C=N–C) groups is 1. The molecule has 0 unspecified atom stereocenters. The number of likely N-dealkylation sites (N-methyl/N-ethyl adjacent to an activating group) is 1. The number of rotatable bonds is 5. The summed E-state index contributed by atoms with van der Waals surface area (Å²) in [4.78, 5) is 32.5. The number of thioether (sulfide) groups is 1. The molecule has 1 aliphatic heterocycles. The summed E-state index contributed by atoms with van der Waals surface area (Å²) in [6, 6.07) is 7.88. The second-order valence-corrected chi connectivity index (χ2v) is 6.61. The summed E-state index contributed by atoms with van der Waals surface area (Å²) in [7, 11) is 4.80. The van der Waals surface area contributed by atoms with Crippen molar-refractivity contribution in [1.29, 1.82) is 0 Å². The van der Waals surface area contributed by atoms with Crippen LogP contribution in [0.25, 0.3) is 6.08 Å². The molecule has 1 aliphatic rings. The third-order valence-corrected chi connectivity index (χ3v) is 4.98. The molecule has 0 bridgehead atoms. The minimum atomic E-state index is -0.534. The van der Waals surface area contributed by atoms with Crippen molar-refractivity contribution in [2.24, 2.45) is 4.99 Å². The van der Waals surface area contributed by atoms with Crippen molar-refractivity contribution in [3.63, 3.8) is 0 Å². The standard InChI is InChI=1S/C18H16N4O5S/c1-19-18-21(2)17(23)15(28-18)9-11-4-6-13(14(8-11)26-3)27-16-7-5-12(10-20-16)22(24)25/h4-10H,1-3H3/b15-9+,19-18?. The summed E-state index contributed by atoms with van der Waals surface area (Å²) in [6.45, 7) is 0. The van der Waals surface area contributed by atoms with Crippen LogP contribution < -0.4 is 9.47 Å². The number of aromatic nitrogens is 1. The molecule has 0 saturated carbocycles. The van der Waals surface area contributed by atoms with E-state index in [0.29, 0.717) is 21.6 Å². The van der Waals surface area contributed by atoms with Gasteiger partial charge in [0.05, 0.1) is 16.9 Å². The van der Waals surface area contributed by atoms with Crippen molar-refractivity contribution < 1.29 is 19.2 Å². The van der Waals surface area contributed by atoms with Gasteiger partial charge >= 0.3 is 0 Å². The first kappa shape index (κ1) is 19.4. The van der Waals surface area contributed by atoms with Crippen LogP contribution in [0.4, 0.5) is 5.69 Å². The maximum absolute atomic E-state index is 12.3. The number of amides is 1. The molecular formula is C18H16N4O5S. The van der Waals surface area contributed by atoms with Gasteiger partial charge in [0.2, 0.25) is 5.88 Å². The Hall–Kier alpha value is -3.40. The fraction of sp³-hybridized carbons (Fsp3) is 0.167. The van der Waals surface area contributed by atoms with Crippen LogP contribution in [0.2, 0.25) is 0 Å². The maximum atomic E-state index is 12.3. The van der Waals surface area contributed by atoms with E-state index in [-0.39, 0.29) is 17.5 Å². The maximum Gasteiger partial charge on any atom is 0.287 e. The first-order valence-corrected chi connectivity index (χ1v) is 8.85. The molecule has 9 nitrogen and oxygen atoms in total. The molecule has 0 spiro atoms. The monoisotopic (exact) mass is 400 g/mol. The van der Waals surface area contributed by atoms with Gasteiger partial charge in [-0.2, -0.15) is 0 Å². The molecule has 0 radical (unpaired) electrons. The molecule has 0 atom stereocenters. The summed E-state index contributed by atoms with van der Waals surface area (Å²) in [5, 5.41) is 11.3. The average Bonchev–Trinajstić information content (AvgIpc) is 2.97. The van der Waals surface area contributed by atoms with Gasteiger partial charge in [-0.05, 0) is 35.5 Å². The van der Waals surface area contributed by atoms with Gasteiger partial charge in [-0.3, -0.25) is 24.8 Å². The fourth-order valence-electron chi connectivity index (χ4n) is 2.41. The van der Waals surface area contributed by atoms with Gasteiger partial charge in [0.15, 0.2) is 16.7 Å². The van der Waals surface area contributed by atoms with Crippen molar-refractivity contribution in [3.8, 4) is 17.4 Å². The van der Waals surface area contributed by atoms with Crippen LogP contribution in [0, 0.1) is 10.1 Å². The third-order valence-electron chi connectivity index (χ3n) is 3.83. The highest BCUT2D eigenvalue weighted by molar-refractivity contribution is 8.18. The highest BCUT2D eigenvalue weighted by Gasteiger charge is 2.29. The van der Waals surface area contributed by atoms with E-state index in [0.717, 1.165) is 11.8 Å². The van der Waals surface area contributed by atoms with Crippen LogP contribution in [0.1, 0.15) is 5.56 Å². The summed E-state index contributed by atoms with van der Waals surface area (Å²) >= 11 is 1.30. The van der Waals surface area contributed by atoms with Crippen LogP contribution in [0.5, 0.6) is 17.4 Å². The Morgan fingerprint density at radius 2 is 2.07 bits per heavy atom. The summed E-state index contributed by atoms with van der Waals surface area (Å²) in [5.74, 6) is 0.897. The predicted molar refractivity (Wildman–Crippen MR) is 106 cm³/mol. The molecule has 1 amide bonds. The molecule has 0 aliphatic carbocycles. The predicted octanol–water partition coefficient (Wildman–Crippen LogP) is 3.32. The minimum Gasteiger partial charge on any atom is -0.493 e. The van der Waals surface area contributed by atoms with Gasteiger partial charge in [0, 0.05) is 26.2 Å². The van der Waals surface area contributed by atoms with Crippen molar-refractivity contribution in [1.82, 2.24) is 9.88 Å². The number of ether oxygens (including phenoxy) is 2. The molecule has 28 heavy (non-hydrogen) atoms. The van der Waals surface area contributed by atoms with E-state index in [4.69, 9.17) is 9.47 Å². The Kier molecular flexibility index (Phi) is 5.59. The zero-order valence-corrected chi connectivity index (χ0v) is 16.1. The summed E-state index contributed by atoms with van der Waals surface area (Å²) < 4.78 is 11.0. The molecule has 1 aromatic heterocycles. The Balaban J connectivity index is 1.84. The van der Waals surface area contributed by atoms with Gasteiger partial charge in [0.1, 0.15) is 6.20 Å².